The third kappa shape index (κ3) is 7.08. The summed E-state index contributed by atoms with van der Waals surface area (Å²) in [5.41, 5.74) is 18.2. The molecule has 28 heavy (non-hydrogen) atoms. The number of aryl methyl sites for hydroxylation is 2. The fourth-order valence-corrected chi connectivity index (χ4v) is 9.69. The van der Waals surface area contributed by atoms with Gasteiger partial charge in [-0.1, -0.05) is 0 Å². The zero-order chi connectivity index (χ0) is 20.6. The Morgan fingerprint density at radius 1 is 0.786 bits per heavy atom. The fraction of sp³-hybridized carbons (Fsp3) is 0.478. The van der Waals surface area contributed by atoms with Gasteiger partial charge in [-0.3, -0.25) is 0 Å². The molecule has 0 saturated carbocycles. The molecule has 6 N–H and O–H groups in total. The van der Waals surface area contributed by atoms with Crippen LogP contribution < -0.4 is 40.5 Å². The van der Waals surface area contributed by atoms with E-state index in [1.54, 1.807) is 0 Å². The number of nitrogens with two attached hydrogens (primary N) is 2. The second kappa shape index (κ2) is 10.8. The van der Waals surface area contributed by atoms with Gasteiger partial charge in [-0.25, -0.2) is 0 Å². The molecule has 0 spiro atoms. The van der Waals surface area contributed by atoms with Crippen molar-refractivity contribution in [2.24, 2.45) is 0 Å². The molecule has 4 nitrogen and oxygen atoms in total. The van der Waals surface area contributed by atoms with Crippen LogP contribution in [0.15, 0.2) is 36.4 Å². The third-order valence-electron chi connectivity index (χ3n) is 5.38. The van der Waals surface area contributed by atoms with Crippen molar-refractivity contribution in [1.82, 2.24) is 0 Å². The van der Waals surface area contributed by atoms with Crippen LogP contribution >= 0.6 is 0 Å². The summed E-state index contributed by atoms with van der Waals surface area (Å²) in [6.07, 6.45) is 2.52. The summed E-state index contributed by atoms with van der Waals surface area (Å²) in [5, 5.41) is 7.12. The average Bonchev–Trinajstić information content (AvgIpc) is 2.68. The first kappa shape index (κ1) is 22.7. The van der Waals surface area contributed by atoms with E-state index in [4.69, 9.17) is 11.5 Å². The molecule has 0 bridgehead atoms. The summed E-state index contributed by atoms with van der Waals surface area (Å²) < 4.78 is 4.24. The van der Waals surface area contributed by atoms with Crippen molar-refractivity contribution in [3.05, 3.63) is 47.5 Å². The average molecular weight is 497 g/mol. The Hall–Kier alpha value is -1.63. The molecule has 2 rings (SSSR count). The van der Waals surface area contributed by atoms with Crippen LogP contribution in [0.1, 0.15) is 30.9 Å². The number of alkyl halides is 4. The number of nitrogen functional groups attached to an aromatic ring is 2. The first-order chi connectivity index (χ1) is 13.3. The Bertz CT molecular complexity index is 701. The molecule has 0 fully saturated rings. The van der Waals surface area contributed by atoms with Crippen LogP contribution in [0.4, 0.5) is 22.7 Å². The predicted molar refractivity (Wildman–Crippen MR) is 124 cm³/mol. The maximum absolute atomic E-state index is 5.90. The van der Waals surface area contributed by atoms with Crippen LogP contribution in [0.25, 0.3) is 0 Å². The predicted octanol–water partition coefficient (Wildman–Crippen LogP) is 1.58. The van der Waals surface area contributed by atoms with E-state index in [1.165, 1.54) is 37.5 Å². The molecule has 158 valence electrons. The molecule has 0 aliphatic carbocycles. The molecule has 0 atom stereocenters. The number of halogens is 1. The molecule has 2 aromatic carbocycles. The second-order valence-electron chi connectivity index (χ2n) is 7.72. The zero-order valence-electron chi connectivity index (χ0n) is 17.9. The molecule has 0 heterocycles. The van der Waals surface area contributed by atoms with Gasteiger partial charge in [0.1, 0.15) is 0 Å². The van der Waals surface area contributed by atoms with Crippen molar-refractivity contribution in [2.45, 2.75) is 33.6 Å². The molecule has 0 unspecified atom stereocenters. The van der Waals surface area contributed by atoms with Gasteiger partial charge in [0.25, 0.3) is 0 Å². The Morgan fingerprint density at radius 3 is 1.57 bits per heavy atom. The number of hydrogen-bond donors (Lipinski definition) is 4. The van der Waals surface area contributed by atoms with Gasteiger partial charge in [0.05, 0.1) is 0 Å². The molecule has 0 aliphatic rings. The number of benzene rings is 2. The van der Waals surface area contributed by atoms with Gasteiger partial charge in [-0.2, -0.15) is 0 Å². The quantitative estimate of drug-likeness (QED) is 0.165. The monoisotopic (exact) mass is 497 g/mol. The molecule has 2 aromatic rings. The van der Waals surface area contributed by atoms with Crippen molar-refractivity contribution in [1.29, 1.82) is 0 Å². The molecular formula is C23H38IN4-. The minimum atomic E-state index is -1.62. The second-order valence-corrected chi connectivity index (χ2v) is 19.2. The molecular weight excluding hydrogens is 459 g/mol. The summed E-state index contributed by atoms with van der Waals surface area (Å²) in [5.74, 6) is 0. The van der Waals surface area contributed by atoms with Crippen LogP contribution in [0.3, 0.4) is 0 Å². The van der Waals surface area contributed by atoms with Crippen LogP contribution in [-0.2, 0) is 0 Å². The van der Waals surface area contributed by atoms with Crippen molar-refractivity contribution < 1.29 is 18.4 Å². The molecule has 5 heteroatoms. The van der Waals surface area contributed by atoms with E-state index in [1.807, 2.05) is 12.1 Å². The van der Waals surface area contributed by atoms with E-state index in [0.717, 1.165) is 35.6 Å². The Kier molecular flexibility index (Phi) is 8.73. The van der Waals surface area contributed by atoms with Gasteiger partial charge in [-0.15, -0.1) is 0 Å². The van der Waals surface area contributed by atoms with Gasteiger partial charge < -0.3 is 0 Å². The van der Waals surface area contributed by atoms with E-state index in [2.05, 4.69) is 60.6 Å². The normalized spacial score (nSPS) is 12.0. The van der Waals surface area contributed by atoms with Crippen LogP contribution in [0.5, 0.6) is 0 Å². The summed E-state index contributed by atoms with van der Waals surface area (Å²) in [7, 11) is 0. The third-order valence-corrected chi connectivity index (χ3v) is 15.8. The Morgan fingerprint density at radius 2 is 1.21 bits per heavy atom. The molecule has 0 radical (unpaired) electrons. The Labute approximate surface area is 175 Å². The van der Waals surface area contributed by atoms with Gasteiger partial charge in [-0.05, 0) is 0 Å². The summed E-state index contributed by atoms with van der Waals surface area (Å²) >= 11 is -1.62. The maximum atomic E-state index is 5.90. The summed E-state index contributed by atoms with van der Waals surface area (Å²) in [6.45, 7) is 8.60. The van der Waals surface area contributed by atoms with Crippen LogP contribution in [0, 0.1) is 13.8 Å². The van der Waals surface area contributed by atoms with Gasteiger partial charge in [0, 0.05) is 0 Å². The standard InChI is InChI=1S/C23H38IN4/c1-5-24(4,12-6-14-27-20-8-10-22(25)18(2)16-20)13-7-15-28-21-9-11-23(26)19(3)17-21/h8-11,16-17,27-28H,5-7,12-15,25-26H2,1-4H3/q-1. The van der Waals surface area contributed by atoms with Gasteiger partial charge in [0.15, 0.2) is 0 Å². The van der Waals surface area contributed by atoms with E-state index >= 15 is 0 Å². The van der Waals surface area contributed by atoms with Gasteiger partial charge in [0.2, 0.25) is 0 Å². The molecule has 0 aliphatic heterocycles. The first-order valence-electron chi connectivity index (χ1n) is 10.1. The van der Waals surface area contributed by atoms with Crippen LogP contribution in [0.2, 0.25) is 0 Å². The number of hydrogen-bond acceptors (Lipinski definition) is 4. The SMILES string of the molecule is CC[I-](C)(CCCNc1ccc(N)c(C)c1)CCCNc1ccc(N)c(C)c1. The van der Waals surface area contributed by atoms with E-state index in [-0.39, 0.29) is 0 Å². The van der Waals surface area contributed by atoms with Gasteiger partial charge >= 0.3 is 176 Å². The number of anilines is 4. The minimum absolute atomic E-state index is 0.862. The number of rotatable bonds is 11. The molecule has 0 saturated heterocycles. The summed E-state index contributed by atoms with van der Waals surface area (Å²) in [4.78, 5) is 2.60. The van der Waals surface area contributed by atoms with Crippen molar-refractivity contribution >= 4 is 22.7 Å². The van der Waals surface area contributed by atoms with E-state index in [0.29, 0.717) is 0 Å². The van der Waals surface area contributed by atoms with Crippen molar-refractivity contribution in [2.75, 3.05) is 53.4 Å². The topological polar surface area (TPSA) is 76.1 Å². The molecule has 0 amide bonds. The van der Waals surface area contributed by atoms with E-state index < -0.39 is 18.4 Å². The van der Waals surface area contributed by atoms with Crippen molar-refractivity contribution in [3.63, 3.8) is 0 Å². The van der Waals surface area contributed by atoms with Crippen molar-refractivity contribution in [3.8, 4) is 0 Å². The molecule has 0 aromatic heterocycles. The zero-order valence-corrected chi connectivity index (χ0v) is 20.1. The number of nitrogens with one attached hydrogen (secondary N) is 2. The van der Waals surface area contributed by atoms with Crippen LogP contribution in [-0.4, -0.2) is 31.3 Å². The fourth-order valence-electron chi connectivity index (χ4n) is 3.18. The summed E-state index contributed by atoms with van der Waals surface area (Å²) in [6, 6.07) is 12.4. The Balaban J connectivity index is 1.69. The first-order valence-corrected chi connectivity index (χ1v) is 16.9. The van der Waals surface area contributed by atoms with E-state index in [9.17, 15) is 0 Å².